The number of carbonyl (C=O) groups is 1. The lowest BCUT2D eigenvalue weighted by molar-refractivity contribution is -0.857. The highest BCUT2D eigenvalue weighted by atomic mass is 35.5. The normalized spacial score (nSPS) is 12.0. The first-order chi connectivity index (χ1) is 11.5. The number of hydrogen-bond acceptors (Lipinski definition) is 2. The summed E-state index contributed by atoms with van der Waals surface area (Å²) in [7, 11) is 4.15. The first-order valence-corrected chi connectivity index (χ1v) is 8.37. The molecule has 1 aromatic heterocycles. The summed E-state index contributed by atoms with van der Waals surface area (Å²) in [6.45, 7) is 3.53. The summed E-state index contributed by atoms with van der Waals surface area (Å²) in [4.78, 5) is 20.1. The highest BCUT2D eigenvalue weighted by Gasteiger charge is 2.22. The van der Waals surface area contributed by atoms with Crippen molar-refractivity contribution in [2.24, 2.45) is 0 Å². The third-order valence-electron chi connectivity index (χ3n) is 3.84. The van der Waals surface area contributed by atoms with Crippen molar-refractivity contribution in [2.75, 3.05) is 32.5 Å². The van der Waals surface area contributed by atoms with E-state index in [0.29, 0.717) is 11.6 Å². The number of hydrogen-bond donors (Lipinski definition) is 2. The topological polar surface area (TPSA) is 49.7 Å². The number of nitrogens with zero attached hydrogens (tertiary/aromatic N) is 2. The molecule has 0 aliphatic heterocycles. The van der Waals surface area contributed by atoms with Gasteiger partial charge in [0.25, 0.3) is 0 Å². The van der Waals surface area contributed by atoms with E-state index in [2.05, 4.69) is 24.4 Å². The zero-order valence-corrected chi connectivity index (χ0v) is 15.0. The minimum Gasteiger partial charge on any atom is -0.338 e. The largest absolute Gasteiger partial charge is 0.338 e. The lowest BCUT2D eigenvalue weighted by atomic mass is 10.1. The molecule has 1 atom stereocenters. The average Bonchev–Trinajstić information content (AvgIpc) is 2.57. The maximum atomic E-state index is 12.8. The second-order valence-corrected chi connectivity index (χ2v) is 6.49. The Balaban J connectivity index is 2.14. The van der Waals surface area contributed by atoms with Crippen LogP contribution in [0.25, 0.3) is 0 Å². The van der Waals surface area contributed by atoms with Gasteiger partial charge in [0, 0.05) is 23.1 Å². The molecule has 0 saturated carbocycles. The molecule has 0 bridgehead atoms. The third-order valence-corrected chi connectivity index (χ3v) is 4.10. The van der Waals surface area contributed by atoms with Crippen molar-refractivity contribution in [2.45, 2.75) is 13.0 Å². The number of halogens is 1. The number of benzene rings is 1. The van der Waals surface area contributed by atoms with E-state index in [-0.39, 0.29) is 12.1 Å². The molecule has 24 heavy (non-hydrogen) atoms. The summed E-state index contributed by atoms with van der Waals surface area (Å²) in [5.74, 6) is 0. The Hall–Kier alpha value is -2.11. The van der Waals surface area contributed by atoms with Crippen molar-refractivity contribution in [3.63, 3.8) is 0 Å². The van der Waals surface area contributed by atoms with Crippen molar-refractivity contribution in [3.05, 3.63) is 59.4 Å². The molecule has 0 aliphatic rings. The highest BCUT2D eigenvalue weighted by Crippen LogP contribution is 2.20. The van der Waals surface area contributed by atoms with Gasteiger partial charge in [-0.15, -0.1) is 0 Å². The molecule has 2 rings (SSSR count). The number of carbonyl (C=O) groups excluding carboxylic acids is 1. The average molecular weight is 348 g/mol. The molecule has 2 N–H and O–H groups in total. The van der Waals surface area contributed by atoms with E-state index in [1.807, 2.05) is 24.0 Å². The third kappa shape index (κ3) is 5.22. The van der Waals surface area contributed by atoms with Gasteiger partial charge in [0.15, 0.2) is 0 Å². The lowest BCUT2D eigenvalue weighted by Gasteiger charge is -2.29. The molecule has 0 spiro atoms. The van der Waals surface area contributed by atoms with E-state index in [9.17, 15) is 4.79 Å². The molecule has 1 unspecified atom stereocenters. The maximum Gasteiger partial charge on any atom is 0.322 e. The number of amides is 2. The molecule has 6 heteroatoms. The van der Waals surface area contributed by atoms with Gasteiger partial charge >= 0.3 is 6.03 Å². The second-order valence-electron chi connectivity index (χ2n) is 6.05. The Labute approximate surface area is 148 Å². The van der Waals surface area contributed by atoms with Crippen LogP contribution >= 0.6 is 11.6 Å². The van der Waals surface area contributed by atoms with Crippen LogP contribution in [0.3, 0.4) is 0 Å². The Morgan fingerprint density at radius 3 is 2.58 bits per heavy atom. The molecule has 0 aliphatic carbocycles. The van der Waals surface area contributed by atoms with E-state index >= 15 is 0 Å². The van der Waals surface area contributed by atoms with E-state index in [4.69, 9.17) is 11.6 Å². The van der Waals surface area contributed by atoms with Gasteiger partial charge in [0.2, 0.25) is 0 Å². The van der Waals surface area contributed by atoms with Crippen molar-refractivity contribution in [3.8, 4) is 0 Å². The van der Waals surface area contributed by atoms with Crippen LogP contribution in [0.4, 0.5) is 10.5 Å². The lowest BCUT2D eigenvalue weighted by Crippen LogP contribution is -3.06. The van der Waals surface area contributed by atoms with Gasteiger partial charge in [-0.05, 0) is 42.8 Å². The Kier molecular flexibility index (Phi) is 6.58. The molecule has 1 aromatic carbocycles. The van der Waals surface area contributed by atoms with Gasteiger partial charge in [-0.2, -0.15) is 0 Å². The summed E-state index contributed by atoms with van der Waals surface area (Å²) >= 11 is 5.89. The number of pyridine rings is 1. The first-order valence-electron chi connectivity index (χ1n) is 7.99. The van der Waals surface area contributed by atoms with Gasteiger partial charge in [0.1, 0.15) is 0 Å². The monoisotopic (exact) mass is 347 g/mol. The second kappa shape index (κ2) is 8.66. The quantitative estimate of drug-likeness (QED) is 0.843. The van der Waals surface area contributed by atoms with Crippen LogP contribution in [-0.4, -0.2) is 43.1 Å². The minimum atomic E-state index is -0.130. The predicted molar refractivity (Wildman–Crippen MR) is 97.5 cm³/mol. The summed E-state index contributed by atoms with van der Waals surface area (Å²) in [5, 5.41) is 3.59. The molecule has 2 amide bonds. The molecule has 128 valence electrons. The van der Waals surface area contributed by atoms with Crippen LogP contribution in [0.1, 0.15) is 18.5 Å². The molecule has 1 heterocycles. The van der Waals surface area contributed by atoms with Crippen LogP contribution in [0.2, 0.25) is 5.02 Å². The van der Waals surface area contributed by atoms with Crippen LogP contribution in [-0.2, 0) is 0 Å². The molecule has 0 fully saturated rings. The smallest absolute Gasteiger partial charge is 0.322 e. The number of likely N-dealkylation sites (N-methyl/N-ethyl adjacent to an activating group) is 1. The number of nitrogens with one attached hydrogen (secondary N) is 2. The Morgan fingerprint density at radius 2 is 2.00 bits per heavy atom. The van der Waals surface area contributed by atoms with E-state index < -0.39 is 0 Å². The SMILES string of the molecule is CC(c1cccnc1)N(CC[NH+](C)C)C(=O)Nc1ccc(Cl)cc1. The van der Waals surface area contributed by atoms with Gasteiger partial charge in [-0.3, -0.25) is 4.98 Å². The highest BCUT2D eigenvalue weighted by molar-refractivity contribution is 6.30. The molecule has 5 nitrogen and oxygen atoms in total. The predicted octanol–water partition coefficient (Wildman–Crippen LogP) is 2.47. The number of urea groups is 1. The van der Waals surface area contributed by atoms with Crippen LogP contribution in [0.15, 0.2) is 48.8 Å². The first kappa shape index (κ1) is 18.2. The van der Waals surface area contributed by atoms with Crippen molar-refractivity contribution in [1.29, 1.82) is 0 Å². The van der Waals surface area contributed by atoms with Crippen LogP contribution < -0.4 is 10.2 Å². The summed E-state index contributed by atoms with van der Waals surface area (Å²) in [5.41, 5.74) is 1.74. The Morgan fingerprint density at radius 1 is 1.29 bits per heavy atom. The van der Waals surface area contributed by atoms with Crippen molar-refractivity contribution < 1.29 is 9.69 Å². The van der Waals surface area contributed by atoms with Gasteiger partial charge in [0.05, 0.1) is 33.2 Å². The van der Waals surface area contributed by atoms with E-state index in [0.717, 1.165) is 17.8 Å². The van der Waals surface area contributed by atoms with Gasteiger partial charge < -0.3 is 15.1 Å². The zero-order chi connectivity index (χ0) is 17.5. The number of quaternary nitrogens is 1. The van der Waals surface area contributed by atoms with E-state index in [1.54, 1.807) is 36.7 Å². The van der Waals surface area contributed by atoms with Gasteiger partial charge in [-0.1, -0.05) is 17.7 Å². The zero-order valence-electron chi connectivity index (χ0n) is 14.3. The number of anilines is 1. The number of rotatable bonds is 6. The molecular weight excluding hydrogens is 324 g/mol. The molecule has 2 aromatic rings. The van der Waals surface area contributed by atoms with Gasteiger partial charge in [-0.25, -0.2) is 4.79 Å². The number of aromatic nitrogens is 1. The van der Waals surface area contributed by atoms with E-state index in [1.165, 1.54) is 4.90 Å². The Bertz CT molecular complexity index is 646. The van der Waals surface area contributed by atoms with Crippen LogP contribution in [0.5, 0.6) is 0 Å². The molecule has 0 radical (unpaired) electrons. The van der Waals surface area contributed by atoms with Crippen LogP contribution in [0, 0.1) is 0 Å². The fourth-order valence-electron chi connectivity index (χ4n) is 2.35. The van der Waals surface area contributed by atoms with Crippen molar-refractivity contribution in [1.82, 2.24) is 9.88 Å². The van der Waals surface area contributed by atoms with Crippen molar-refractivity contribution >= 4 is 23.3 Å². The fraction of sp³-hybridized carbons (Fsp3) is 0.333. The fourth-order valence-corrected chi connectivity index (χ4v) is 2.47. The molecular formula is C18H24ClN4O+. The standard InChI is InChI=1S/C18H23ClN4O/c1-14(15-5-4-10-20-13-15)23(12-11-22(2)3)18(24)21-17-8-6-16(19)7-9-17/h4-10,13-14H,11-12H2,1-3H3,(H,21,24)/p+1. The maximum absolute atomic E-state index is 12.8. The molecule has 0 saturated heterocycles. The summed E-state index contributed by atoms with van der Waals surface area (Å²) < 4.78 is 0. The summed E-state index contributed by atoms with van der Waals surface area (Å²) in [6, 6.07) is 10.8. The summed E-state index contributed by atoms with van der Waals surface area (Å²) in [6.07, 6.45) is 3.54. The minimum absolute atomic E-state index is 0.0645.